The lowest BCUT2D eigenvalue weighted by molar-refractivity contribution is -0.130. The van der Waals surface area contributed by atoms with Crippen molar-refractivity contribution in [2.45, 2.75) is 50.5 Å². The number of carbonyl (C=O) groups excluding carboxylic acids is 2. The highest BCUT2D eigenvalue weighted by Gasteiger charge is 2.30. The second-order valence-corrected chi connectivity index (χ2v) is 11.1. The Hall–Kier alpha value is -2.19. The molecule has 1 aromatic rings. The molecule has 3 rings (SSSR count). The summed E-state index contributed by atoms with van der Waals surface area (Å²) in [7, 11) is 0. The molecular formula is C25H34N4O4S2. The first-order chi connectivity index (χ1) is 16.8. The molecule has 8 nitrogen and oxygen atoms in total. The normalized spacial score (nSPS) is 21.3. The third-order valence-electron chi connectivity index (χ3n) is 6.61. The van der Waals surface area contributed by atoms with Crippen molar-refractivity contribution >= 4 is 39.6 Å². The molecule has 1 saturated carbocycles. The Labute approximate surface area is 214 Å². The van der Waals surface area contributed by atoms with Crippen molar-refractivity contribution in [1.29, 1.82) is 5.26 Å². The fourth-order valence-electron chi connectivity index (χ4n) is 4.65. The van der Waals surface area contributed by atoms with E-state index >= 15 is 0 Å². The molecule has 35 heavy (non-hydrogen) atoms. The average Bonchev–Trinajstić information content (AvgIpc) is 2.87. The molecule has 1 aliphatic carbocycles. The van der Waals surface area contributed by atoms with Gasteiger partial charge in [-0.25, -0.2) is 4.21 Å². The van der Waals surface area contributed by atoms with Crippen LogP contribution in [0.3, 0.4) is 0 Å². The Balaban J connectivity index is 1.67. The number of benzene rings is 1. The summed E-state index contributed by atoms with van der Waals surface area (Å²) in [4.78, 5) is 30.7. The zero-order valence-corrected chi connectivity index (χ0v) is 22.0. The van der Waals surface area contributed by atoms with Gasteiger partial charge in [-0.1, -0.05) is 18.6 Å². The predicted octanol–water partition coefficient (Wildman–Crippen LogP) is 3.09. The van der Waals surface area contributed by atoms with E-state index in [2.05, 4.69) is 24.1 Å². The summed E-state index contributed by atoms with van der Waals surface area (Å²) < 4.78 is 22.4. The zero-order valence-electron chi connectivity index (χ0n) is 20.4. The largest absolute Gasteiger partial charge is 0.342 e. The second kappa shape index (κ2) is 13.2. The van der Waals surface area contributed by atoms with Crippen molar-refractivity contribution in [2.75, 3.05) is 38.5 Å². The summed E-state index contributed by atoms with van der Waals surface area (Å²) in [6.45, 7) is 7.54. The minimum absolute atomic E-state index is 0.0851. The van der Waals surface area contributed by atoms with E-state index in [0.717, 1.165) is 43.9 Å². The van der Waals surface area contributed by atoms with Crippen LogP contribution in [0.2, 0.25) is 0 Å². The Morgan fingerprint density at radius 3 is 2.49 bits per heavy atom. The maximum atomic E-state index is 12.6. The molecule has 2 aliphatic rings. The van der Waals surface area contributed by atoms with E-state index in [9.17, 15) is 18.4 Å². The number of nitrogens with one attached hydrogen (secondary N) is 1. The molecule has 1 aromatic carbocycles. The summed E-state index contributed by atoms with van der Waals surface area (Å²) in [5, 5.41) is 11.4. The fraction of sp³-hybridized carbons (Fsp3) is 0.560. The number of hydrogen-bond acceptors (Lipinski definition) is 6. The number of carbonyl (C=O) groups is 2. The van der Waals surface area contributed by atoms with Gasteiger partial charge in [0.2, 0.25) is 11.8 Å². The van der Waals surface area contributed by atoms with Gasteiger partial charge in [0.05, 0.1) is 22.6 Å². The van der Waals surface area contributed by atoms with Crippen LogP contribution in [-0.2, 0) is 20.7 Å². The molecule has 0 bridgehead atoms. The first kappa shape index (κ1) is 27.4. The number of piperazine rings is 1. The van der Waals surface area contributed by atoms with Crippen LogP contribution in [0.25, 0.3) is 4.91 Å². The molecule has 2 atom stereocenters. The van der Waals surface area contributed by atoms with Crippen molar-refractivity contribution in [3.8, 4) is 6.07 Å². The van der Waals surface area contributed by atoms with Crippen LogP contribution in [0.4, 0.5) is 0 Å². The third kappa shape index (κ3) is 7.40. The quantitative estimate of drug-likeness (QED) is 0.309. The highest BCUT2D eigenvalue weighted by Crippen LogP contribution is 2.37. The van der Waals surface area contributed by atoms with Crippen molar-refractivity contribution in [1.82, 2.24) is 15.1 Å². The van der Waals surface area contributed by atoms with Gasteiger partial charge in [-0.3, -0.25) is 14.5 Å². The summed E-state index contributed by atoms with van der Waals surface area (Å²) >= 11 is -0.805. The lowest BCUT2D eigenvalue weighted by atomic mass is 9.82. The molecule has 2 amide bonds. The summed E-state index contributed by atoms with van der Waals surface area (Å²) in [6, 6.07) is 9.66. The Morgan fingerprint density at radius 2 is 1.89 bits per heavy atom. The number of nitriles is 1. The van der Waals surface area contributed by atoms with E-state index < -0.39 is 17.0 Å². The molecule has 1 aliphatic heterocycles. The van der Waals surface area contributed by atoms with Crippen LogP contribution >= 0.6 is 11.8 Å². The second-order valence-electron chi connectivity index (χ2n) is 9.10. The molecule has 190 valence electrons. The first-order valence-corrected chi connectivity index (χ1v) is 14.1. The summed E-state index contributed by atoms with van der Waals surface area (Å²) in [5.41, 5.74) is 1.27. The highest BCUT2D eigenvalue weighted by atomic mass is 32.2. The first-order valence-electron chi connectivity index (χ1n) is 12.1. The molecule has 2 fully saturated rings. The van der Waals surface area contributed by atoms with Crippen LogP contribution < -0.4 is 5.32 Å². The lowest BCUT2D eigenvalue weighted by Gasteiger charge is -2.36. The van der Waals surface area contributed by atoms with Gasteiger partial charge in [0.25, 0.3) is 0 Å². The molecule has 2 unspecified atom stereocenters. The third-order valence-corrected chi connectivity index (χ3v) is 8.45. The number of nitrogens with zero attached hydrogens (tertiary/aromatic N) is 3. The molecule has 2 N–H and O–H groups in total. The van der Waals surface area contributed by atoms with E-state index in [-0.39, 0.29) is 23.3 Å². The van der Waals surface area contributed by atoms with E-state index in [0.29, 0.717) is 35.8 Å². The molecule has 0 spiro atoms. The molecule has 0 aromatic heterocycles. The average molecular weight is 519 g/mol. The maximum Gasteiger partial charge on any atom is 0.233 e. The van der Waals surface area contributed by atoms with Gasteiger partial charge in [0.1, 0.15) is 6.54 Å². The number of hydrogen-bond donors (Lipinski definition) is 2. The van der Waals surface area contributed by atoms with Crippen LogP contribution in [0, 0.1) is 17.2 Å². The van der Waals surface area contributed by atoms with Crippen molar-refractivity contribution in [2.24, 2.45) is 5.92 Å². The van der Waals surface area contributed by atoms with Crippen molar-refractivity contribution in [3.05, 3.63) is 35.4 Å². The maximum absolute atomic E-state index is 12.6. The van der Waals surface area contributed by atoms with Gasteiger partial charge < -0.3 is 14.8 Å². The Kier molecular flexibility index (Phi) is 10.3. The minimum atomic E-state index is -2.26. The molecular weight excluding hydrogens is 484 g/mol. The Morgan fingerprint density at radius 1 is 1.20 bits per heavy atom. The van der Waals surface area contributed by atoms with E-state index in [1.807, 2.05) is 23.1 Å². The lowest BCUT2D eigenvalue weighted by Crippen LogP contribution is -2.51. The minimum Gasteiger partial charge on any atom is -0.342 e. The van der Waals surface area contributed by atoms with Gasteiger partial charge in [-0.2, -0.15) is 5.26 Å². The SMILES string of the molecule is CC(C)N1CCN(C(=O)CSc2ccc(C(=C3CCCCC3C(=O)NCC#N)S(=O)O)cc2)CC1. The predicted molar refractivity (Wildman–Crippen MR) is 139 cm³/mol. The van der Waals surface area contributed by atoms with Crippen molar-refractivity contribution in [3.63, 3.8) is 0 Å². The van der Waals surface area contributed by atoms with Gasteiger partial charge in [0.15, 0.2) is 11.1 Å². The summed E-state index contributed by atoms with van der Waals surface area (Å²) in [5.74, 6) is -0.312. The van der Waals surface area contributed by atoms with Gasteiger partial charge >= 0.3 is 0 Å². The van der Waals surface area contributed by atoms with Crippen LogP contribution in [0.15, 0.2) is 34.7 Å². The number of thioether (sulfide) groups is 1. The van der Waals surface area contributed by atoms with E-state index in [1.165, 1.54) is 11.8 Å². The standard InChI is InChI=1S/C25H34N4O4S2/c1-18(2)28-13-15-29(16-14-28)23(30)17-34-20-9-7-19(8-10-20)24(35(32)33)21-5-3-4-6-22(21)25(31)27-12-11-26/h7-10,18,22H,3-6,12-17H2,1-2H3,(H,27,31)(H,32,33). The van der Waals surface area contributed by atoms with Crippen LogP contribution in [0.5, 0.6) is 0 Å². The highest BCUT2D eigenvalue weighted by molar-refractivity contribution is 8.00. The number of rotatable bonds is 8. The molecule has 0 radical (unpaired) electrons. The van der Waals surface area contributed by atoms with Crippen molar-refractivity contribution < 1.29 is 18.4 Å². The van der Waals surface area contributed by atoms with E-state index in [1.54, 1.807) is 12.1 Å². The zero-order chi connectivity index (χ0) is 25.4. The number of amides is 2. The van der Waals surface area contributed by atoms with Gasteiger partial charge in [0, 0.05) is 37.1 Å². The van der Waals surface area contributed by atoms with Crippen LogP contribution in [-0.4, -0.2) is 74.9 Å². The smallest absolute Gasteiger partial charge is 0.233 e. The molecule has 10 heteroatoms. The topological polar surface area (TPSA) is 114 Å². The monoisotopic (exact) mass is 518 g/mol. The molecule has 1 saturated heterocycles. The fourth-order valence-corrected chi connectivity index (χ4v) is 6.26. The molecule has 1 heterocycles. The summed E-state index contributed by atoms with van der Waals surface area (Å²) in [6.07, 6.45) is 2.87. The Bertz CT molecular complexity index is 996. The van der Waals surface area contributed by atoms with E-state index in [4.69, 9.17) is 5.26 Å². The van der Waals surface area contributed by atoms with Gasteiger partial charge in [-0.15, -0.1) is 11.8 Å². The van der Waals surface area contributed by atoms with Crippen LogP contribution in [0.1, 0.15) is 45.1 Å². The van der Waals surface area contributed by atoms with Gasteiger partial charge in [-0.05, 0) is 56.4 Å².